The van der Waals surface area contributed by atoms with Crippen LogP contribution in [0.4, 0.5) is 0 Å². The Morgan fingerprint density at radius 3 is 2.60 bits per heavy atom. The number of benzene rings is 1. The number of para-hydroxylation sites is 1. The average molecular weight is 617 g/mol. The lowest BCUT2D eigenvalue weighted by Gasteiger charge is -2.26. The van der Waals surface area contributed by atoms with Crippen molar-refractivity contribution in [2.45, 2.75) is 70.8 Å². The van der Waals surface area contributed by atoms with E-state index in [1.54, 1.807) is 49.4 Å². The minimum atomic E-state index is -4.24. The number of nitrogens with zero attached hydrogens (tertiary/aromatic N) is 2. The number of H-pyrrole nitrogens is 1. The van der Waals surface area contributed by atoms with Gasteiger partial charge in [0.1, 0.15) is 36.1 Å². The summed E-state index contributed by atoms with van der Waals surface area (Å²) < 4.78 is 37.0. The van der Waals surface area contributed by atoms with Crippen LogP contribution in [-0.2, 0) is 29.0 Å². The Bertz CT molecular complexity index is 1340. The summed E-state index contributed by atoms with van der Waals surface area (Å²) in [5, 5.41) is 31.3. The van der Waals surface area contributed by atoms with E-state index >= 15 is 0 Å². The highest BCUT2D eigenvalue weighted by Gasteiger charge is 2.56. The molecule has 2 heterocycles. The van der Waals surface area contributed by atoms with Crippen molar-refractivity contribution < 1.29 is 33.0 Å². The number of hydrogen-bond acceptors (Lipinski definition) is 9. The van der Waals surface area contributed by atoms with E-state index in [0.29, 0.717) is 17.8 Å². The molecule has 43 heavy (non-hydrogen) atoms. The Morgan fingerprint density at radius 1 is 1.30 bits per heavy atom. The predicted octanol–water partition coefficient (Wildman–Crippen LogP) is 3.99. The number of hydrogen-bond donors (Lipinski definition) is 5. The number of rotatable bonds is 16. The summed E-state index contributed by atoms with van der Waals surface area (Å²) in [7, 11) is -4.24. The highest BCUT2D eigenvalue weighted by Crippen LogP contribution is 2.49. The Kier molecular flexibility index (Phi) is 12.1. The van der Waals surface area contributed by atoms with E-state index in [9.17, 15) is 19.7 Å². The van der Waals surface area contributed by atoms with Crippen LogP contribution in [0.1, 0.15) is 58.3 Å². The van der Waals surface area contributed by atoms with Gasteiger partial charge in [-0.05, 0) is 43.5 Å². The standard InChI is InChI=1S/C29H41N6O7P/c1-5-20(6-2)15-39-28(37)19(4)35-43(38,42-21-11-9-8-10-12-21)40-16-24-26(36)22(7-3)29(17-30,41-24)25-14-13-23(34-25)27(32)33-18-31/h8-14,18-20,22,24,26,34,36H,5-7,15-16H2,1-4H3,(H,35,38)(H3,31,32,33)/t19-,22?,24+,26-,29+,43?/m0/s1. The van der Waals surface area contributed by atoms with Crippen LogP contribution in [0.2, 0.25) is 0 Å². The quantitative estimate of drug-likeness (QED) is 0.0793. The van der Waals surface area contributed by atoms with Crippen LogP contribution in [0.15, 0.2) is 47.5 Å². The summed E-state index contributed by atoms with van der Waals surface area (Å²) in [5.41, 5.74) is 4.97. The van der Waals surface area contributed by atoms with Crippen LogP contribution in [0.5, 0.6) is 5.75 Å². The van der Waals surface area contributed by atoms with E-state index in [-0.39, 0.29) is 24.1 Å². The van der Waals surface area contributed by atoms with Crippen LogP contribution in [-0.4, -0.2) is 59.7 Å². The van der Waals surface area contributed by atoms with E-state index in [1.165, 1.54) is 6.92 Å². The van der Waals surface area contributed by atoms with Gasteiger partial charge < -0.3 is 29.8 Å². The number of esters is 1. The molecule has 1 aromatic carbocycles. The third-order valence-electron chi connectivity index (χ3n) is 7.52. The van der Waals surface area contributed by atoms with Gasteiger partial charge in [0.05, 0.1) is 30.7 Å². The lowest BCUT2D eigenvalue weighted by atomic mass is 9.81. The SMILES string of the molecule is CCC(CC)COC(=O)[C@H](C)NP(=O)(OC[C@H]1O[C@@](C#N)(c2ccc(C(N)=NC=N)[nH]2)C(CC)[C@@H]1O)Oc1ccccc1. The van der Waals surface area contributed by atoms with Gasteiger partial charge in [0.15, 0.2) is 5.60 Å². The lowest BCUT2D eigenvalue weighted by molar-refractivity contribution is -0.146. The largest absolute Gasteiger partial charge is 0.464 e. The van der Waals surface area contributed by atoms with Crippen molar-refractivity contribution in [1.29, 1.82) is 10.7 Å². The van der Waals surface area contributed by atoms with Crippen molar-refractivity contribution in [2.24, 2.45) is 22.6 Å². The molecule has 1 aliphatic rings. The van der Waals surface area contributed by atoms with Gasteiger partial charge in [0, 0.05) is 5.92 Å². The van der Waals surface area contributed by atoms with E-state index < -0.39 is 50.1 Å². The van der Waals surface area contributed by atoms with Gasteiger partial charge in [-0.15, -0.1) is 0 Å². The molecular formula is C29H41N6O7P. The molecule has 6 atom stereocenters. The molecule has 1 fully saturated rings. The monoisotopic (exact) mass is 616 g/mol. The fourth-order valence-electron chi connectivity index (χ4n) is 4.91. The third-order valence-corrected chi connectivity index (χ3v) is 9.17. The topological polar surface area (TPSA) is 205 Å². The number of nitrogens with two attached hydrogens (primary N) is 1. The molecule has 1 aromatic heterocycles. The molecule has 0 spiro atoms. The summed E-state index contributed by atoms with van der Waals surface area (Å²) in [5.74, 6) is -0.835. The zero-order valence-corrected chi connectivity index (χ0v) is 25.8. The Labute approximate surface area is 251 Å². The molecule has 3 rings (SSSR count). The first-order valence-corrected chi connectivity index (χ1v) is 15.8. The second-order valence-electron chi connectivity index (χ2n) is 10.3. The van der Waals surface area contributed by atoms with Crippen molar-refractivity contribution >= 4 is 25.9 Å². The van der Waals surface area contributed by atoms with Gasteiger partial charge >= 0.3 is 13.7 Å². The molecule has 1 saturated heterocycles. The molecule has 1 aliphatic heterocycles. The first-order valence-electron chi connectivity index (χ1n) is 14.3. The molecule has 2 unspecified atom stereocenters. The number of nitriles is 1. The van der Waals surface area contributed by atoms with Crippen molar-refractivity contribution in [1.82, 2.24) is 10.1 Å². The first-order chi connectivity index (χ1) is 20.6. The molecule has 0 amide bonds. The van der Waals surface area contributed by atoms with Gasteiger partial charge in [-0.25, -0.2) is 9.56 Å². The van der Waals surface area contributed by atoms with Gasteiger partial charge in [0.25, 0.3) is 0 Å². The highest BCUT2D eigenvalue weighted by molar-refractivity contribution is 7.52. The molecule has 0 aliphatic carbocycles. The molecule has 0 bridgehead atoms. The molecule has 13 nitrogen and oxygen atoms in total. The molecule has 6 N–H and O–H groups in total. The van der Waals surface area contributed by atoms with Crippen LogP contribution in [0.3, 0.4) is 0 Å². The number of aliphatic hydroxyl groups excluding tert-OH is 1. The minimum Gasteiger partial charge on any atom is -0.464 e. The number of carbonyl (C=O) groups excluding carboxylic acids is 1. The van der Waals surface area contributed by atoms with Crippen LogP contribution in [0.25, 0.3) is 0 Å². The van der Waals surface area contributed by atoms with Gasteiger partial charge in [-0.3, -0.25) is 14.7 Å². The molecule has 0 radical (unpaired) electrons. The zero-order chi connectivity index (χ0) is 31.6. The van der Waals surface area contributed by atoms with Crippen molar-refractivity contribution in [3.8, 4) is 11.8 Å². The van der Waals surface area contributed by atoms with E-state index in [0.717, 1.165) is 19.2 Å². The normalized spacial score (nSPS) is 24.2. The van der Waals surface area contributed by atoms with E-state index in [2.05, 4.69) is 21.1 Å². The second kappa shape index (κ2) is 15.3. The van der Waals surface area contributed by atoms with Crippen LogP contribution in [0, 0.1) is 28.6 Å². The van der Waals surface area contributed by atoms with Gasteiger partial charge in [-0.2, -0.15) is 10.3 Å². The Balaban J connectivity index is 1.82. The van der Waals surface area contributed by atoms with Crippen molar-refractivity contribution in [2.75, 3.05) is 13.2 Å². The number of aromatic nitrogens is 1. The number of carbonyl (C=O) groups is 1. The Hall–Kier alpha value is -3.53. The number of aliphatic imine (C=N–C) groups is 1. The first kappa shape index (κ1) is 34.0. The van der Waals surface area contributed by atoms with E-state index in [4.69, 9.17) is 29.7 Å². The number of ether oxygens (including phenoxy) is 2. The van der Waals surface area contributed by atoms with Crippen molar-refractivity contribution in [3.05, 3.63) is 53.9 Å². The lowest BCUT2D eigenvalue weighted by Crippen LogP contribution is -2.37. The summed E-state index contributed by atoms with van der Waals surface area (Å²) in [6.07, 6.45) is 0.592. The molecule has 234 valence electrons. The average Bonchev–Trinajstić information content (AvgIpc) is 3.60. The fourth-order valence-corrected chi connectivity index (χ4v) is 6.41. The third kappa shape index (κ3) is 8.10. The molecular weight excluding hydrogens is 575 g/mol. The van der Waals surface area contributed by atoms with Crippen molar-refractivity contribution in [3.63, 3.8) is 0 Å². The second-order valence-corrected chi connectivity index (χ2v) is 12.0. The number of amidine groups is 1. The molecule has 2 aromatic rings. The maximum absolute atomic E-state index is 14.0. The molecule has 0 saturated carbocycles. The van der Waals surface area contributed by atoms with Crippen LogP contribution >= 0.6 is 7.75 Å². The smallest absolute Gasteiger partial charge is 0.459 e. The maximum Gasteiger partial charge on any atom is 0.459 e. The number of nitrogens with one attached hydrogen (secondary N) is 3. The maximum atomic E-state index is 14.0. The minimum absolute atomic E-state index is 0.0402. The van der Waals surface area contributed by atoms with Gasteiger partial charge in [-0.1, -0.05) is 51.8 Å². The number of aromatic amines is 1. The summed E-state index contributed by atoms with van der Waals surface area (Å²) >= 11 is 0. The highest BCUT2D eigenvalue weighted by atomic mass is 31.2. The zero-order valence-electron chi connectivity index (χ0n) is 24.9. The fraction of sp³-hybridized carbons (Fsp3) is 0.517. The summed E-state index contributed by atoms with van der Waals surface area (Å²) in [4.78, 5) is 19.5. The summed E-state index contributed by atoms with van der Waals surface area (Å²) in [6.45, 7) is 7.13. The molecule has 14 heteroatoms. The van der Waals surface area contributed by atoms with Gasteiger partial charge in [0.2, 0.25) is 0 Å². The summed E-state index contributed by atoms with van der Waals surface area (Å²) in [6, 6.07) is 12.6. The van der Waals surface area contributed by atoms with E-state index in [1.807, 2.05) is 13.8 Å². The predicted molar refractivity (Wildman–Crippen MR) is 161 cm³/mol. The number of aliphatic hydroxyl groups is 1. The Morgan fingerprint density at radius 2 is 2.00 bits per heavy atom. The van der Waals surface area contributed by atoms with Crippen LogP contribution < -0.4 is 15.3 Å².